The zero-order valence-corrected chi connectivity index (χ0v) is 9.06. The molecule has 0 spiro atoms. The van der Waals surface area contributed by atoms with Crippen LogP contribution in [0.25, 0.3) is 0 Å². The Morgan fingerprint density at radius 3 is 2.77 bits per heavy atom. The molecule has 0 radical (unpaired) electrons. The summed E-state index contributed by atoms with van der Waals surface area (Å²) in [4.78, 5) is 0. The molecule has 1 aromatic rings. The minimum atomic E-state index is -0.0977. The van der Waals surface area contributed by atoms with E-state index in [0.29, 0.717) is 12.5 Å². The molecular weight excluding hydrogens is 184 g/mol. The largest absolute Gasteiger partial charge is 0.353 e. The fourth-order valence-electron chi connectivity index (χ4n) is 0.903. The summed E-state index contributed by atoms with van der Waals surface area (Å²) in [6.07, 6.45) is 0. The Labute approximate surface area is 82.6 Å². The summed E-state index contributed by atoms with van der Waals surface area (Å²) in [6.45, 7) is 6.96. The van der Waals surface area contributed by atoms with E-state index in [0.717, 1.165) is 5.13 Å². The molecule has 13 heavy (non-hydrogen) atoms. The Bertz CT molecular complexity index is 247. The Hall–Kier alpha value is -0.680. The van der Waals surface area contributed by atoms with Crippen LogP contribution >= 0.6 is 11.3 Å². The van der Waals surface area contributed by atoms with Crippen LogP contribution in [-0.2, 0) is 0 Å². The molecule has 5 heteroatoms. The fourth-order valence-corrected chi connectivity index (χ4v) is 1.48. The lowest BCUT2D eigenvalue weighted by molar-refractivity contribution is 0.382. The molecule has 0 aromatic carbocycles. The standard InChI is InChI=1S/C8H16N4S/c1-6(2)8(3,4-9)11-7-12-10-5-13-7/h5-6H,4,9H2,1-3H3,(H,11,12). The first-order valence-electron chi connectivity index (χ1n) is 4.33. The summed E-state index contributed by atoms with van der Waals surface area (Å²) in [6, 6.07) is 0. The number of aromatic nitrogens is 2. The maximum atomic E-state index is 5.72. The van der Waals surface area contributed by atoms with Crippen LogP contribution in [0.5, 0.6) is 0 Å². The SMILES string of the molecule is CC(C)C(C)(CN)Nc1nncs1. The highest BCUT2D eigenvalue weighted by Crippen LogP contribution is 2.22. The molecule has 0 saturated carbocycles. The second-order valence-electron chi connectivity index (χ2n) is 3.65. The molecule has 0 amide bonds. The van der Waals surface area contributed by atoms with Crippen LogP contribution in [0.3, 0.4) is 0 Å². The van der Waals surface area contributed by atoms with Gasteiger partial charge in [0.25, 0.3) is 0 Å². The monoisotopic (exact) mass is 200 g/mol. The summed E-state index contributed by atoms with van der Waals surface area (Å²) in [5.41, 5.74) is 7.33. The molecule has 0 aliphatic carbocycles. The van der Waals surface area contributed by atoms with Crippen molar-refractivity contribution in [3.05, 3.63) is 5.51 Å². The number of hydrogen-bond acceptors (Lipinski definition) is 5. The first-order valence-corrected chi connectivity index (χ1v) is 5.21. The van der Waals surface area contributed by atoms with Gasteiger partial charge in [0.15, 0.2) is 0 Å². The highest BCUT2D eigenvalue weighted by molar-refractivity contribution is 7.13. The van der Waals surface area contributed by atoms with Gasteiger partial charge in [0.1, 0.15) is 5.51 Å². The van der Waals surface area contributed by atoms with E-state index >= 15 is 0 Å². The van der Waals surface area contributed by atoms with Crippen molar-refractivity contribution >= 4 is 16.5 Å². The highest BCUT2D eigenvalue weighted by atomic mass is 32.1. The van der Waals surface area contributed by atoms with Gasteiger partial charge >= 0.3 is 0 Å². The molecule has 0 fully saturated rings. The molecule has 1 atom stereocenters. The van der Waals surface area contributed by atoms with Gasteiger partial charge in [-0.3, -0.25) is 0 Å². The van der Waals surface area contributed by atoms with E-state index in [-0.39, 0.29) is 5.54 Å². The van der Waals surface area contributed by atoms with Crippen LogP contribution in [0.2, 0.25) is 0 Å². The average molecular weight is 200 g/mol. The summed E-state index contributed by atoms with van der Waals surface area (Å²) < 4.78 is 0. The van der Waals surface area contributed by atoms with Gasteiger partial charge in [0, 0.05) is 6.54 Å². The van der Waals surface area contributed by atoms with Gasteiger partial charge in [-0.25, -0.2) is 0 Å². The van der Waals surface area contributed by atoms with E-state index in [4.69, 9.17) is 5.73 Å². The smallest absolute Gasteiger partial charge is 0.205 e. The van der Waals surface area contributed by atoms with Crippen molar-refractivity contribution in [1.29, 1.82) is 0 Å². The van der Waals surface area contributed by atoms with E-state index in [1.165, 1.54) is 11.3 Å². The number of rotatable bonds is 4. The van der Waals surface area contributed by atoms with E-state index in [2.05, 4.69) is 36.3 Å². The molecule has 1 heterocycles. The highest BCUT2D eigenvalue weighted by Gasteiger charge is 2.27. The van der Waals surface area contributed by atoms with Crippen LogP contribution in [0, 0.1) is 5.92 Å². The molecular formula is C8H16N4S. The van der Waals surface area contributed by atoms with Crippen molar-refractivity contribution in [2.45, 2.75) is 26.3 Å². The van der Waals surface area contributed by atoms with E-state index in [1.807, 2.05) is 0 Å². The molecule has 0 aliphatic heterocycles. The van der Waals surface area contributed by atoms with Gasteiger partial charge in [0.05, 0.1) is 5.54 Å². The third-order valence-corrected chi connectivity index (χ3v) is 3.06. The van der Waals surface area contributed by atoms with E-state index < -0.39 is 0 Å². The van der Waals surface area contributed by atoms with Crippen LogP contribution in [0.1, 0.15) is 20.8 Å². The molecule has 1 rings (SSSR count). The van der Waals surface area contributed by atoms with Gasteiger partial charge in [-0.05, 0) is 12.8 Å². The normalized spacial score (nSPS) is 15.8. The summed E-state index contributed by atoms with van der Waals surface area (Å²) in [5, 5.41) is 11.8. The minimum absolute atomic E-state index is 0.0977. The molecule has 1 unspecified atom stereocenters. The number of nitrogens with two attached hydrogens (primary N) is 1. The minimum Gasteiger partial charge on any atom is -0.353 e. The van der Waals surface area contributed by atoms with E-state index in [9.17, 15) is 0 Å². The van der Waals surface area contributed by atoms with Gasteiger partial charge in [0.2, 0.25) is 5.13 Å². The molecule has 0 saturated heterocycles. The molecule has 3 N–H and O–H groups in total. The fraction of sp³-hybridized carbons (Fsp3) is 0.750. The second-order valence-corrected chi connectivity index (χ2v) is 4.48. The van der Waals surface area contributed by atoms with Crippen LogP contribution in [0.15, 0.2) is 5.51 Å². The van der Waals surface area contributed by atoms with Gasteiger partial charge in [-0.1, -0.05) is 25.2 Å². The maximum absolute atomic E-state index is 5.72. The zero-order chi connectivity index (χ0) is 9.90. The first-order chi connectivity index (χ1) is 6.08. The molecule has 0 bridgehead atoms. The number of hydrogen-bond donors (Lipinski definition) is 2. The van der Waals surface area contributed by atoms with Gasteiger partial charge < -0.3 is 11.1 Å². The lowest BCUT2D eigenvalue weighted by atomic mass is 9.89. The molecule has 1 aromatic heterocycles. The van der Waals surface area contributed by atoms with Crippen LogP contribution < -0.4 is 11.1 Å². The Morgan fingerprint density at radius 1 is 1.69 bits per heavy atom. The Balaban J connectivity index is 2.69. The van der Waals surface area contributed by atoms with Crippen molar-refractivity contribution in [2.75, 3.05) is 11.9 Å². The summed E-state index contributed by atoms with van der Waals surface area (Å²) >= 11 is 1.49. The van der Waals surface area contributed by atoms with Crippen molar-refractivity contribution in [3.8, 4) is 0 Å². The Morgan fingerprint density at radius 2 is 2.38 bits per heavy atom. The third kappa shape index (κ3) is 2.38. The average Bonchev–Trinajstić information content (AvgIpc) is 2.56. The van der Waals surface area contributed by atoms with Crippen molar-refractivity contribution in [3.63, 3.8) is 0 Å². The number of nitrogens with zero attached hydrogens (tertiary/aromatic N) is 2. The first kappa shape index (κ1) is 10.4. The van der Waals surface area contributed by atoms with E-state index in [1.54, 1.807) is 5.51 Å². The predicted molar refractivity (Wildman–Crippen MR) is 55.8 cm³/mol. The molecule has 0 aliphatic rings. The summed E-state index contributed by atoms with van der Waals surface area (Å²) in [7, 11) is 0. The van der Waals surface area contributed by atoms with Crippen molar-refractivity contribution in [1.82, 2.24) is 10.2 Å². The molecule has 4 nitrogen and oxygen atoms in total. The van der Waals surface area contributed by atoms with Gasteiger partial charge in [-0.2, -0.15) is 0 Å². The second kappa shape index (κ2) is 4.02. The molecule has 74 valence electrons. The topological polar surface area (TPSA) is 63.8 Å². The zero-order valence-electron chi connectivity index (χ0n) is 8.24. The number of anilines is 1. The summed E-state index contributed by atoms with van der Waals surface area (Å²) in [5.74, 6) is 0.460. The third-order valence-electron chi connectivity index (χ3n) is 2.45. The maximum Gasteiger partial charge on any atom is 0.205 e. The predicted octanol–water partition coefficient (Wildman–Crippen LogP) is 1.32. The lowest BCUT2D eigenvalue weighted by Gasteiger charge is -2.33. The lowest BCUT2D eigenvalue weighted by Crippen LogP contribution is -2.47. The quantitative estimate of drug-likeness (QED) is 0.769. The van der Waals surface area contributed by atoms with Crippen molar-refractivity contribution < 1.29 is 0 Å². The number of nitrogens with one attached hydrogen (secondary N) is 1. The Kier molecular flexibility index (Phi) is 3.22. The van der Waals surface area contributed by atoms with Crippen molar-refractivity contribution in [2.24, 2.45) is 11.7 Å². The van der Waals surface area contributed by atoms with Crippen LogP contribution in [0.4, 0.5) is 5.13 Å². The van der Waals surface area contributed by atoms with Crippen LogP contribution in [-0.4, -0.2) is 22.3 Å². The van der Waals surface area contributed by atoms with Gasteiger partial charge in [-0.15, -0.1) is 10.2 Å².